The Morgan fingerprint density at radius 3 is 2.47 bits per heavy atom. The summed E-state index contributed by atoms with van der Waals surface area (Å²) < 4.78 is 23.9. The highest BCUT2D eigenvalue weighted by atomic mass is 32.2. The molecule has 9 heteroatoms. The smallest absolute Gasteiger partial charge is 0.325 e. The number of sulfone groups is 1. The van der Waals surface area contributed by atoms with Crippen LogP contribution in [0.15, 0.2) is 30.3 Å². The van der Waals surface area contributed by atoms with E-state index in [1.54, 1.807) is 29.2 Å². The van der Waals surface area contributed by atoms with Crippen molar-refractivity contribution in [1.29, 1.82) is 0 Å². The summed E-state index contributed by atoms with van der Waals surface area (Å²) in [7, 11) is -3.18. The number of urea groups is 1. The summed E-state index contributed by atoms with van der Waals surface area (Å²) in [5.74, 6) is -0.896. The molecule has 0 saturated carbocycles. The van der Waals surface area contributed by atoms with Gasteiger partial charge in [-0.3, -0.25) is 14.5 Å². The standard InChI is InChI=1S/C21H29N3O5S/c1-4-15(3)24(17-11-12-30(28,29)14-17)18(25)13-23-19(26)21(5-2,22-20(23)27)16-9-7-6-8-10-16/h6-10,15,17H,4-5,11-14H2,1-3H3,(H,22,27)/t15-,17+,21+/m0/s1. The zero-order chi connectivity index (χ0) is 22.1. The van der Waals surface area contributed by atoms with Crippen molar-refractivity contribution in [3.63, 3.8) is 0 Å². The van der Waals surface area contributed by atoms with Crippen molar-refractivity contribution in [2.45, 2.75) is 57.7 Å². The highest BCUT2D eigenvalue weighted by Gasteiger charge is 2.52. The number of nitrogens with zero attached hydrogens (tertiary/aromatic N) is 2. The van der Waals surface area contributed by atoms with E-state index in [4.69, 9.17) is 0 Å². The van der Waals surface area contributed by atoms with E-state index in [0.29, 0.717) is 24.8 Å². The second-order valence-corrected chi connectivity index (χ2v) is 10.3. The van der Waals surface area contributed by atoms with Crippen LogP contribution in [0.4, 0.5) is 4.79 Å². The van der Waals surface area contributed by atoms with Crippen molar-refractivity contribution in [3.05, 3.63) is 35.9 Å². The van der Waals surface area contributed by atoms with Crippen LogP contribution in [-0.4, -0.2) is 66.2 Å². The van der Waals surface area contributed by atoms with E-state index in [9.17, 15) is 22.8 Å². The van der Waals surface area contributed by atoms with Crippen molar-refractivity contribution >= 4 is 27.7 Å². The van der Waals surface area contributed by atoms with Gasteiger partial charge in [0.05, 0.1) is 11.5 Å². The number of benzene rings is 1. The maximum Gasteiger partial charge on any atom is 0.325 e. The van der Waals surface area contributed by atoms with Crippen LogP contribution in [0.2, 0.25) is 0 Å². The molecule has 2 aliphatic rings. The summed E-state index contributed by atoms with van der Waals surface area (Å²) in [6.45, 7) is 5.18. The van der Waals surface area contributed by atoms with Crippen molar-refractivity contribution in [3.8, 4) is 0 Å². The monoisotopic (exact) mass is 435 g/mol. The Bertz CT molecular complexity index is 933. The van der Waals surface area contributed by atoms with Gasteiger partial charge in [-0.25, -0.2) is 13.2 Å². The lowest BCUT2D eigenvalue weighted by Gasteiger charge is -2.34. The average Bonchev–Trinajstić information content (AvgIpc) is 3.20. The first-order chi connectivity index (χ1) is 14.1. The van der Waals surface area contributed by atoms with E-state index in [2.05, 4.69) is 5.32 Å². The quantitative estimate of drug-likeness (QED) is 0.656. The molecule has 8 nitrogen and oxygen atoms in total. The van der Waals surface area contributed by atoms with Gasteiger partial charge in [0, 0.05) is 12.1 Å². The minimum absolute atomic E-state index is 0.0496. The molecule has 3 rings (SSSR count). The molecule has 3 atom stereocenters. The second kappa shape index (κ2) is 8.37. The van der Waals surface area contributed by atoms with Gasteiger partial charge < -0.3 is 10.2 Å². The van der Waals surface area contributed by atoms with Crippen LogP contribution in [-0.2, 0) is 25.0 Å². The molecule has 30 heavy (non-hydrogen) atoms. The number of hydrogen-bond donors (Lipinski definition) is 1. The van der Waals surface area contributed by atoms with Crippen LogP contribution in [0.1, 0.15) is 45.6 Å². The van der Waals surface area contributed by atoms with Crippen LogP contribution in [0.5, 0.6) is 0 Å². The molecule has 1 aromatic carbocycles. The Balaban J connectivity index is 1.84. The molecule has 2 heterocycles. The molecule has 0 unspecified atom stereocenters. The number of imide groups is 1. The van der Waals surface area contributed by atoms with Crippen LogP contribution >= 0.6 is 0 Å². The molecule has 2 fully saturated rings. The number of nitrogens with one attached hydrogen (secondary N) is 1. The number of carbonyl (C=O) groups is 3. The SMILES string of the molecule is CC[C@H](C)N(C(=O)CN1C(=O)N[C@](CC)(c2ccccc2)C1=O)[C@@H]1CCS(=O)(=O)C1. The Morgan fingerprint density at radius 1 is 1.27 bits per heavy atom. The molecule has 1 N–H and O–H groups in total. The third kappa shape index (κ3) is 3.95. The molecule has 0 bridgehead atoms. The van der Waals surface area contributed by atoms with Crippen LogP contribution < -0.4 is 5.32 Å². The summed E-state index contributed by atoms with van der Waals surface area (Å²) in [6, 6.07) is 7.75. The fourth-order valence-corrected chi connectivity index (χ4v) is 6.06. The predicted octanol–water partition coefficient (Wildman–Crippen LogP) is 1.66. The molecule has 0 aliphatic carbocycles. The third-order valence-corrected chi connectivity index (χ3v) is 7.97. The lowest BCUT2D eigenvalue weighted by atomic mass is 9.87. The van der Waals surface area contributed by atoms with Crippen LogP contribution in [0.3, 0.4) is 0 Å². The Morgan fingerprint density at radius 2 is 1.93 bits per heavy atom. The summed E-state index contributed by atoms with van der Waals surface area (Å²) in [5.41, 5.74) is -0.530. The number of amides is 4. The van der Waals surface area contributed by atoms with Gasteiger partial charge >= 0.3 is 6.03 Å². The van der Waals surface area contributed by atoms with Gasteiger partial charge in [-0.2, -0.15) is 0 Å². The Labute approximate surface area is 177 Å². The van der Waals surface area contributed by atoms with E-state index in [1.165, 1.54) is 0 Å². The van der Waals surface area contributed by atoms with Gasteiger partial charge in [0.2, 0.25) is 5.91 Å². The third-order valence-electron chi connectivity index (χ3n) is 6.22. The molecule has 1 aromatic rings. The zero-order valence-corrected chi connectivity index (χ0v) is 18.4. The fourth-order valence-electron chi connectivity index (χ4n) is 4.35. The summed E-state index contributed by atoms with van der Waals surface area (Å²) >= 11 is 0. The molecular formula is C21H29N3O5S. The lowest BCUT2D eigenvalue weighted by molar-refractivity contribution is -0.141. The molecule has 0 radical (unpaired) electrons. The molecule has 2 aliphatic heterocycles. The highest BCUT2D eigenvalue weighted by molar-refractivity contribution is 7.91. The van der Waals surface area contributed by atoms with E-state index < -0.39 is 45.8 Å². The van der Waals surface area contributed by atoms with Crippen LogP contribution in [0, 0.1) is 0 Å². The van der Waals surface area contributed by atoms with Crippen molar-refractivity contribution in [2.75, 3.05) is 18.1 Å². The Hall–Kier alpha value is -2.42. The molecule has 0 spiro atoms. The average molecular weight is 436 g/mol. The molecular weight excluding hydrogens is 406 g/mol. The normalized spacial score (nSPS) is 26.5. The summed E-state index contributed by atoms with van der Waals surface area (Å²) in [4.78, 5) is 41.6. The maximum atomic E-state index is 13.3. The maximum absolute atomic E-state index is 13.3. The van der Waals surface area contributed by atoms with E-state index in [0.717, 1.165) is 4.90 Å². The summed E-state index contributed by atoms with van der Waals surface area (Å²) in [5, 5.41) is 2.77. The number of hydrogen-bond acceptors (Lipinski definition) is 5. The lowest BCUT2D eigenvalue weighted by Crippen LogP contribution is -2.51. The zero-order valence-electron chi connectivity index (χ0n) is 17.6. The van der Waals surface area contributed by atoms with Gasteiger partial charge in [-0.1, -0.05) is 44.2 Å². The van der Waals surface area contributed by atoms with E-state index in [-0.39, 0.29) is 17.5 Å². The fraction of sp³-hybridized carbons (Fsp3) is 0.571. The molecule has 4 amide bonds. The second-order valence-electron chi connectivity index (χ2n) is 8.06. The van der Waals surface area contributed by atoms with Gasteiger partial charge in [0.15, 0.2) is 9.84 Å². The first-order valence-electron chi connectivity index (χ1n) is 10.4. The minimum atomic E-state index is -3.18. The highest BCUT2D eigenvalue weighted by Crippen LogP contribution is 2.32. The van der Waals surface area contributed by atoms with Gasteiger partial charge in [-0.05, 0) is 31.7 Å². The van der Waals surface area contributed by atoms with Crippen LogP contribution in [0.25, 0.3) is 0 Å². The summed E-state index contributed by atoms with van der Waals surface area (Å²) in [6.07, 6.45) is 1.37. The van der Waals surface area contributed by atoms with E-state index >= 15 is 0 Å². The molecule has 2 saturated heterocycles. The van der Waals surface area contributed by atoms with Crippen molar-refractivity contribution in [2.24, 2.45) is 0 Å². The molecule has 164 valence electrons. The van der Waals surface area contributed by atoms with Gasteiger partial charge in [0.25, 0.3) is 5.91 Å². The van der Waals surface area contributed by atoms with Gasteiger partial charge in [0.1, 0.15) is 12.1 Å². The van der Waals surface area contributed by atoms with E-state index in [1.807, 2.05) is 26.8 Å². The largest absolute Gasteiger partial charge is 0.334 e. The minimum Gasteiger partial charge on any atom is -0.334 e. The topological polar surface area (TPSA) is 104 Å². The van der Waals surface area contributed by atoms with Crippen molar-refractivity contribution in [1.82, 2.24) is 15.1 Å². The first-order valence-corrected chi connectivity index (χ1v) is 12.2. The molecule has 0 aromatic heterocycles. The number of rotatable bonds is 7. The Kier molecular flexibility index (Phi) is 6.21. The predicted molar refractivity (Wildman–Crippen MR) is 112 cm³/mol. The first kappa shape index (κ1) is 22.3. The van der Waals surface area contributed by atoms with Gasteiger partial charge in [-0.15, -0.1) is 0 Å². The van der Waals surface area contributed by atoms with Crippen molar-refractivity contribution < 1.29 is 22.8 Å². The number of carbonyl (C=O) groups excluding carboxylic acids is 3.